The Labute approximate surface area is 69.2 Å². The van der Waals surface area contributed by atoms with Crippen LogP contribution < -0.4 is 4.90 Å². The fourth-order valence-corrected chi connectivity index (χ4v) is 0.720. The first kappa shape index (κ1) is 8.19. The predicted molar refractivity (Wildman–Crippen MR) is 43.7 cm³/mol. The maximum absolute atomic E-state index is 3.83. The van der Waals surface area contributed by atoms with Crippen LogP contribution in [0.3, 0.4) is 0 Å². The van der Waals surface area contributed by atoms with Gasteiger partial charge in [0.1, 0.15) is 0 Å². The summed E-state index contributed by atoms with van der Waals surface area (Å²) in [4.78, 5) is 1.75. The number of nitrogens with zero attached hydrogens (tertiary/aromatic N) is 5. The number of anilines is 1. The highest BCUT2D eigenvalue weighted by Crippen LogP contribution is 2.05. The van der Waals surface area contributed by atoms with Crippen LogP contribution in [0.25, 0.3) is 0 Å². The van der Waals surface area contributed by atoms with Gasteiger partial charge in [-0.1, -0.05) is 11.8 Å². The summed E-state index contributed by atoms with van der Waals surface area (Å²) in [5.74, 6) is 0.530. The van der Waals surface area contributed by atoms with Gasteiger partial charge in [-0.15, -0.1) is 20.4 Å². The molecule has 0 aliphatic heterocycles. The fourth-order valence-electron chi connectivity index (χ4n) is 0.476. The molecule has 1 aromatic heterocycles. The molecule has 0 aliphatic carbocycles. The van der Waals surface area contributed by atoms with E-state index in [1.807, 2.05) is 20.4 Å². The van der Waals surface area contributed by atoms with Gasteiger partial charge < -0.3 is 4.90 Å². The zero-order valence-electron chi connectivity index (χ0n) is 6.64. The first-order valence-corrected chi connectivity index (χ1v) is 4.25. The molecule has 0 fully saturated rings. The average Bonchev–Trinajstić information content (AvgIpc) is 2.05. The SMILES string of the molecule is CSc1nnc(N(C)C)nn1. The molecule has 11 heavy (non-hydrogen) atoms. The minimum Gasteiger partial charge on any atom is -0.344 e. The Morgan fingerprint density at radius 2 is 1.64 bits per heavy atom. The molecule has 0 N–H and O–H groups in total. The quantitative estimate of drug-likeness (QED) is 0.586. The van der Waals surface area contributed by atoms with Gasteiger partial charge in [-0.05, 0) is 6.26 Å². The topological polar surface area (TPSA) is 54.8 Å². The van der Waals surface area contributed by atoms with Crippen molar-refractivity contribution >= 4 is 17.7 Å². The van der Waals surface area contributed by atoms with Crippen molar-refractivity contribution < 1.29 is 0 Å². The van der Waals surface area contributed by atoms with Crippen LogP contribution in [0.15, 0.2) is 5.16 Å². The molecular formula is C5H9N5S. The minimum atomic E-state index is 0.530. The van der Waals surface area contributed by atoms with Gasteiger partial charge in [-0.3, -0.25) is 0 Å². The summed E-state index contributed by atoms with van der Waals surface area (Å²) in [6.07, 6.45) is 1.88. The van der Waals surface area contributed by atoms with E-state index >= 15 is 0 Å². The Morgan fingerprint density at radius 1 is 1.09 bits per heavy atom. The number of hydrogen-bond donors (Lipinski definition) is 0. The lowest BCUT2D eigenvalue weighted by molar-refractivity contribution is 0.732. The van der Waals surface area contributed by atoms with Crippen LogP contribution in [0.5, 0.6) is 0 Å². The van der Waals surface area contributed by atoms with E-state index in [1.54, 1.807) is 4.90 Å². The van der Waals surface area contributed by atoms with E-state index < -0.39 is 0 Å². The molecule has 0 amide bonds. The highest BCUT2D eigenvalue weighted by atomic mass is 32.2. The third-order valence-electron chi connectivity index (χ3n) is 1.03. The van der Waals surface area contributed by atoms with Crippen LogP contribution in [0.1, 0.15) is 0 Å². The molecule has 0 radical (unpaired) electrons. The second-order valence-corrected chi connectivity index (χ2v) is 2.85. The highest BCUT2D eigenvalue weighted by molar-refractivity contribution is 7.98. The van der Waals surface area contributed by atoms with Gasteiger partial charge in [0.15, 0.2) is 0 Å². The van der Waals surface area contributed by atoms with E-state index in [0.717, 1.165) is 0 Å². The van der Waals surface area contributed by atoms with E-state index in [-0.39, 0.29) is 0 Å². The van der Waals surface area contributed by atoms with Crippen molar-refractivity contribution in [1.82, 2.24) is 20.4 Å². The maximum Gasteiger partial charge on any atom is 0.264 e. The van der Waals surface area contributed by atoms with Gasteiger partial charge >= 0.3 is 0 Å². The van der Waals surface area contributed by atoms with Crippen molar-refractivity contribution in [2.24, 2.45) is 0 Å². The molecule has 0 bridgehead atoms. The van der Waals surface area contributed by atoms with Gasteiger partial charge in [0.25, 0.3) is 5.95 Å². The van der Waals surface area contributed by atoms with Crippen molar-refractivity contribution in [3.63, 3.8) is 0 Å². The zero-order chi connectivity index (χ0) is 8.27. The number of hydrogen-bond acceptors (Lipinski definition) is 6. The van der Waals surface area contributed by atoms with Crippen molar-refractivity contribution in [2.45, 2.75) is 5.16 Å². The molecule has 0 aromatic carbocycles. The number of rotatable bonds is 2. The second-order valence-electron chi connectivity index (χ2n) is 2.08. The Hall–Kier alpha value is -0.910. The molecule has 0 aliphatic rings. The lowest BCUT2D eigenvalue weighted by atomic mass is 10.8. The number of aromatic nitrogens is 4. The molecule has 1 rings (SSSR count). The van der Waals surface area contributed by atoms with E-state index in [9.17, 15) is 0 Å². The molecule has 0 unspecified atom stereocenters. The van der Waals surface area contributed by atoms with Gasteiger partial charge in [0.2, 0.25) is 5.16 Å². The Morgan fingerprint density at radius 3 is 2.00 bits per heavy atom. The molecule has 0 atom stereocenters. The van der Waals surface area contributed by atoms with Crippen LogP contribution in [0.4, 0.5) is 5.95 Å². The summed E-state index contributed by atoms with van der Waals surface area (Å²) in [5.41, 5.74) is 0. The second kappa shape index (κ2) is 3.47. The van der Waals surface area contributed by atoms with Crippen molar-refractivity contribution in [3.05, 3.63) is 0 Å². The summed E-state index contributed by atoms with van der Waals surface area (Å²) < 4.78 is 0. The van der Waals surface area contributed by atoms with E-state index in [0.29, 0.717) is 11.1 Å². The third-order valence-corrected chi connectivity index (χ3v) is 1.56. The van der Waals surface area contributed by atoms with Gasteiger partial charge in [-0.2, -0.15) is 0 Å². The lowest BCUT2D eigenvalue weighted by Gasteiger charge is -2.06. The standard InChI is InChI=1S/C5H9N5S/c1-10(2)4-6-8-5(11-3)9-7-4/h1-3H3. The molecule has 1 aromatic rings. The zero-order valence-corrected chi connectivity index (χ0v) is 7.46. The molecule has 0 saturated heterocycles. The summed E-state index contributed by atoms with van der Waals surface area (Å²) in [7, 11) is 3.69. The Bertz CT molecular complexity index is 221. The molecule has 0 spiro atoms. The Balaban J connectivity index is 2.83. The van der Waals surface area contributed by atoms with Crippen LogP contribution >= 0.6 is 11.8 Å². The first-order chi connectivity index (χ1) is 5.24. The highest BCUT2D eigenvalue weighted by Gasteiger charge is 2.00. The van der Waals surface area contributed by atoms with Gasteiger partial charge in [0.05, 0.1) is 0 Å². The molecule has 5 nitrogen and oxygen atoms in total. The minimum absolute atomic E-state index is 0.530. The summed E-state index contributed by atoms with van der Waals surface area (Å²) in [6.45, 7) is 0. The smallest absolute Gasteiger partial charge is 0.264 e. The van der Waals surface area contributed by atoms with E-state index in [2.05, 4.69) is 20.4 Å². The third kappa shape index (κ3) is 2.01. The van der Waals surface area contributed by atoms with Crippen LogP contribution in [-0.2, 0) is 0 Å². The Kier molecular flexibility index (Phi) is 2.58. The van der Waals surface area contributed by atoms with Gasteiger partial charge in [-0.25, -0.2) is 0 Å². The van der Waals surface area contributed by atoms with Crippen LogP contribution in [0.2, 0.25) is 0 Å². The monoisotopic (exact) mass is 171 g/mol. The largest absolute Gasteiger partial charge is 0.344 e. The summed E-state index contributed by atoms with van der Waals surface area (Å²) in [5, 5.41) is 15.9. The molecule has 60 valence electrons. The van der Waals surface area contributed by atoms with Crippen LogP contribution in [-0.4, -0.2) is 40.7 Å². The molecule has 0 saturated carbocycles. The number of thioether (sulfide) groups is 1. The van der Waals surface area contributed by atoms with E-state index in [1.165, 1.54) is 11.8 Å². The van der Waals surface area contributed by atoms with Crippen molar-refractivity contribution in [2.75, 3.05) is 25.3 Å². The summed E-state index contributed by atoms with van der Waals surface area (Å²) >= 11 is 1.42. The first-order valence-electron chi connectivity index (χ1n) is 3.02. The molecular weight excluding hydrogens is 162 g/mol. The molecule has 6 heteroatoms. The van der Waals surface area contributed by atoms with Gasteiger partial charge in [0, 0.05) is 14.1 Å². The maximum atomic E-state index is 3.83. The predicted octanol–water partition coefficient (Wildman–Crippen LogP) is 0.0545. The summed E-state index contributed by atoms with van der Waals surface area (Å²) in [6, 6.07) is 0. The van der Waals surface area contributed by atoms with Crippen molar-refractivity contribution in [3.8, 4) is 0 Å². The average molecular weight is 171 g/mol. The normalized spacial score (nSPS) is 9.73. The lowest BCUT2D eigenvalue weighted by Crippen LogP contribution is -2.14. The van der Waals surface area contributed by atoms with Crippen molar-refractivity contribution in [1.29, 1.82) is 0 Å². The van der Waals surface area contributed by atoms with Crippen LogP contribution in [0, 0.1) is 0 Å². The molecule has 1 heterocycles. The fraction of sp³-hybridized carbons (Fsp3) is 0.600. The van der Waals surface area contributed by atoms with E-state index in [4.69, 9.17) is 0 Å².